The maximum absolute atomic E-state index is 10.7. The van der Waals surface area contributed by atoms with Crippen LogP contribution in [0.4, 0.5) is 0 Å². The van der Waals surface area contributed by atoms with Gasteiger partial charge in [-0.3, -0.25) is 0 Å². The summed E-state index contributed by atoms with van der Waals surface area (Å²) in [6, 6.07) is 7.43. The van der Waals surface area contributed by atoms with Crippen LogP contribution in [0.3, 0.4) is 0 Å². The highest BCUT2D eigenvalue weighted by atomic mass is 16.5. The highest BCUT2D eigenvalue weighted by molar-refractivity contribution is 5.91. The highest BCUT2D eigenvalue weighted by Crippen LogP contribution is 2.14. The van der Waals surface area contributed by atoms with Gasteiger partial charge in [-0.1, -0.05) is 12.1 Å². The summed E-state index contributed by atoms with van der Waals surface area (Å²) in [6.07, 6.45) is 2.62. The summed E-state index contributed by atoms with van der Waals surface area (Å²) < 4.78 is 5.60. The minimum Gasteiger partial charge on any atom is -0.494 e. The molecular formula is C15H21NO3. The molecule has 0 spiro atoms. The van der Waals surface area contributed by atoms with Crippen LogP contribution >= 0.6 is 0 Å². The minimum atomic E-state index is -0.899. The maximum Gasteiger partial charge on any atom is 0.331 e. The van der Waals surface area contributed by atoms with Gasteiger partial charge in [-0.05, 0) is 51.2 Å². The molecule has 0 aliphatic rings. The van der Waals surface area contributed by atoms with Crippen LogP contribution in [0.5, 0.6) is 5.75 Å². The van der Waals surface area contributed by atoms with Crippen LogP contribution in [0, 0.1) is 0 Å². The summed E-state index contributed by atoms with van der Waals surface area (Å²) in [7, 11) is 4.07. The molecule has 1 aromatic carbocycles. The van der Waals surface area contributed by atoms with Crippen LogP contribution in [0.2, 0.25) is 0 Å². The van der Waals surface area contributed by atoms with E-state index in [0.29, 0.717) is 12.2 Å². The fraction of sp³-hybridized carbons (Fsp3) is 0.400. The van der Waals surface area contributed by atoms with E-state index in [-0.39, 0.29) is 0 Å². The summed E-state index contributed by atoms with van der Waals surface area (Å²) >= 11 is 0. The van der Waals surface area contributed by atoms with Crippen LogP contribution in [0.15, 0.2) is 29.8 Å². The Bertz CT molecular complexity index is 435. The first-order chi connectivity index (χ1) is 8.99. The molecule has 0 aliphatic carbocycles. The molecule has 0 saturated heterocycles. The lowest BCUT2D eigenvalue weighted by Crippen LogP contribution is -2.15. The number of nitrogens with zero attached hydrogens (tertiary/aromatic N) is 1. The van der Waals surface area contributed by atoms with E-state index in [1.165, 1.54) is 0 Å². The van der Waals surface area contributed by atoms with Gasteiger partial charge in [-0.2, -0.15) is 0 Å². The van der Waals surface area contributed by atoms with Gasteiger partial charge in [-0.25, -0.2) is 4.79 Å². The fourth-order valence-electron chi connectivity index (χ4n) is 1.54. The van der Waals surface area contributed by atoms with Crippen LogP contribution in [-0.2, 0) is 4.79 Å². The van der Waals surface area contributed by atoms with Gasteiger partial charge in [0, 0.05) is 12.1 Å². The number of benzene rings is 1. The Labute approximate surface area is 114 Å². The molecule has 0 aromatic heterocycles. The number of ether oxygens (including phenoxy) is 1. The second kappa shape index (κ2) is 7.59. The fourth-order valence-corrected chi connectivity index (χ4v) is 1.54. The molecule has 4 nitrogen and oxygen atoms in total. The number of hydrogen-bond acceptors (Lipinski definition) is 3. The largest absolute Gasteiger partial charge is 0.494 e. The average molecular weight is 263 g/mol. The number of aliphatic carboxylic acids is 1. The quantitative estimate of drug-likeness (QED) is 0.606. The van der Waals surface area contributed by atoms with Gasteiger partial charge in [0.2, 0.25) is 0 Å². The predicted octanol–water partition coefficient (Wildman–Crippen LogP) is 2.50. The molecule has 1 aromatic rings. The monoisotopic (exact) mass is 263 g/mol. The van der Waals surface area contributed by atoms with Crippen molar-refractivity contribution in [2.24, 2.45) is 0 Å². The Hall–Kier alpha value is -1.81. The van der Waals surface area contributed by atoms with Gasteiger partial charge in [0.15, 0.2) is 0 Å². The van der Waals surface area contributed by atoms with Crippen LogP contribution < -0.4 is 4.74 Å². The van der Waals surface area contributed by atoms with Gasteiger partial charge in [-0.15, -0.1) is 0 Å². The van der Waals surface area contributed by atoms with E-state index in [0.717, 1.165) is 24.3 Å². The van der Waals surface area contributed by atoms with Crippen molar-refractivity contribution in [3.63, 3.8) is 0 Å². The summed E-state index contributed by atoms with van der Waals surface area (Å²) in [4.78, 5) is 12.8. The van der Waals surface area contributed by atoms with Gasteiger partial charge >= 0.3 is 5.97 Å². The first-order valence-electron chi connectivity index (χ1n) is 6.28. The number of carboxylic acid groups (broad SMARTS) is 1. The Morgan fingerprint density at radius 1 is 1.32 bits per heavy atom. The molecule has 0 amide bonds. The zero-order chi connectivity index (χ0) is 14.3. The molecule has 0 atom stereocenters. The molecular weight excluding hydrogens is 242 g/mol. The topological polar surface area (TPSA) is 49.8 Å². The second-order valence-corrected chi connectivity index (χ2v) is 4.71. The van der Waals surface area contributed by atoms with E-state index in [1.807, 2.05) is 38.4 Å². The third-order valence-electron chi connectivity index (χ3n) is 2.62. The Balaban J connectivity index is 2.48. The number of carboxylic acids is 1. The van der Waals surface area contributed by atoms with Crippen molar-refractivity contribution in [3.05, 3.63) is 35.4 Å². The Morgan fingerprint density at radius 2 is 1.95 bits per heavy atom. The molecule has 0 heterocycles. The van der Waals surface area contributed by atoms with E-state index in [4.69, 9.17) is 9.84 Å². The van der Waals surface area contributed by atoms with Crippen molar-refractivity contribution in [1.29, 1.82) is 0 Å². The molecule has 1 rings (SSSR count). The van der Waals surface area contributed by atoms with Gasteiger partial charge in [0.25, 0.3) is 0 Å². The molecule has 0 unspecified atom stereocenters. The zero-order valence-corrected chi connectivity index (χ0v) is 11.7. The van der Waals surface area contributed by atoms with Gasteiger partial charge in [0.05, 0.1) is 6.61 Å². The smallest absolute Gasteiger partial charge is 0.331 e. The van der Waals surface area contributed by atoms with Crippen molar-refractivity contribution in [1.82, 2.24) is 4.90 Å². The third-order valence-corrected chi connectivity index (χ3v) is 2.62. The van der Waals surface area contributed by atoms with Gasteiger partial charge < -0.3 is 14.7 Å². The molecule has 0 fully saturated rings. The van der Waals surface area contributed by atoms with Crippen molar-refractivity contribution < 1.29 is 14.6 Å². The standard InChI is InChI=1S/C15H21NO3/c1-12(15(17)18)11-13-5-7-14(8-6-13)19-10-4-9-16(2)3/h5-8,11H,4,9-10H2,1-3H3,(H,17,18)/b12-11+. The molecule has 0 radical (unpaired) electrons. The second-order valence-electron chi connectivity index (χ2n) is 4.71. The van der Waals surface area contributed by atoms with Gasteiger partial charge in [0.1, 0.15) is 5.75 Å². The summed E-state index contributed by atoms with van der Waals surface area (Å²) in [5.41, 5.74) is 1.18. The van der Waals surface area contributed by atoms with Crippen LogP contribution in [-0.4, -0.2) is 43.2 Å². The lowest BCUT2D eigenvalue weighted by atomic mass is 10.1. The lowest BCUT2D eigenvalue weighted by molar-refractivity contribution is -0.132. The lowest BCUT2D eigenvalue weighted by Gasteiger charge is -2.10. The Kier molecular flexibility index (Phi) is 6.09. The summed E-state index contributed by atoms with van der Waals surface area (Å²) in [6.45, 7) is 3.26. The SMILES string of the molecule is C/C(=C\c1ccc(OCCCN(C)C)cc1)C(=O)O. The normalized spacial score (nSPS) is 11.7. The summed E-state index contributed by atoms with van der Waals surface area (Å²) in [5.74, 6) is -0.0899. The van der Waals surface area contributed by atoms with Crippen molar-refractivity contribution >= 4 is 12.0 Å². The highest BCUT2D eigenvalue weighted by Gasteiger charge is 2.00. The van der Waals surface area contributed by atoms with E-state index in [9.17, 15) is 4.79 Å². The van der Waals surface area contributed by atoms with Crippen LogP contribution in [0.1, 0.15) is 18.9 Å². The van der Waals surface area contributed by atoms with E-state index in [2.05, 4.69) is 4.90 Å². The molecule has 1 N–H and O–H groups in total. The van der Waals surface area contributed by atoms with Crippen molar-refractivity contribution in [2.75, 3.05) is 27.2 Å². The molecule has 0 bridgehead atoms. The number of carbonyl (C=O) groups is 1. The molecule has 104 valence electrons. The maximum atomic E-state index is 10.7. The number of hydrogen-bond donors (Lipinski definition) is 1. The van der Waals surface area contributed by atoms with E-state index >= 15 is 0 Å². The minimum absolute atomic E-state index is 0.319. The van der Waals surface area contributed by atoms with Crippen molar-refractivity contribution in [3.8, 4) is 5.75 Å². The molecule has 0 aliphatic heterocycles. The van der Waals surface area contributed by atoms with E-state index in [1.54, 1.807) is 13.0 Å². The first kappa shape index (κ1) is 15.2. The third kappa shape index (κ3) is 6.06. The van der Waals surface area contributed by atoms with Crippen LogP contribution in [0.25, 0.3) is 6.08 Å². The molecule has 19 heavy (non-hydrogen) atoms. The number of rotatable bonds is 7. The predicted molar refractivity (Wildman–Crippen MR) is 76.4 cm³/mol. The van der Waals surface area contributed by atoms with Crippen molar-refractivity contribution in [2.45, 2.75) is 13.3 Å². The molecule has 4 heteroatoms. The van der Waals surface area contributed by atoms with E-state index < -0.39 is 5.97 Å². The summed E-state index contributed by atoms with van der Waals surface area (Å²) in [5, 5.41) is 8.79. The average Bonchev–Trinajstić information content (AvgIpc) is 2.36. The Morgan fingerprint density at radius 3 is 2.47 bits per heavy atom. The zero-order valence-electron chi connectivity index (χ0n) is 11.7. The first-order valence-corrected chi connectivity index (χ1v) is 6.28. The molecule has 0 saturated carbocycles.